The van der Waals surface area contributed by atoms with Crippen LogP contribution in [0.5, 0.6) is 0 Å². The number of aliphatic hydroxyl groups is 1. The van der Waals surface area contributed by atoms with Crippen LogP contribution in [0.25, 0.3) is 22.0 Å². The lowest BCUT2D eigenvalue weighted by molar-refractivity contribution is -0.176. The third-order valence-corrected chi connectivity index (χ3v) is 10.9. The van der Waals surface area contributed by atoms with Crippen molar-refractivity contribution >= 4 is 44.3 Å². The minimum absolute atomic E-state index is 0.0465. The summed E-state index contributed by atoms with van der Waals surface area (Å²) in [5.74, 6) is -6.77. The summed E-state index contributed by atoms with van der Waals surface area (Å²) in [6.07, 6.45) is -4.33. The van der Waals surface area contributed by atoms with Crippen LogP contribution in [0, 0.1) is 29.4 Å². The molecule has 316 valence electrons. The number of allylic oxidation sites excluding steroid dienone is 1. The van der Waals surface area contributed by atoms with Crippen LogP contribution in [0.2, 0.25) is 5.02 Å². The van der Waals surface area contributed by atoms with Crippen molar-refractivity contribution in [1.82, 2.24) is 29.9 Å². The van der Waals surface area contributed by atoms with Crippen molar-refractivity contribution in [3.8, 4) is 23.0 Å². The number of amides is 1. The number of carbonyl (C=O) groups excluding carboxylic acids is 1. The van der Waals surface area contributed by atoms with Crippen LogP contribution in [-0.4, -0.2) is 61.8 Å². The van der Waals surface area contributed by atoms with Crippen molar-refractivity contribution in [2.75, 3.05) is 11.0 Å². The second-order valence-electron chi connectivity index (χ2n) is 14.7. The first-order chi connectivity index (χ1) is 28.0. The van der Waals surface area contributed by atoms with Crippen LogP contribution in [0.15, 0.2) is 55.1 Å². The van der Waals surface area contributed by atoms with Gasteiger partial charge in [-0.05, 0) is 54.7 Å². The molecule has 1 saturated carbocycles. The summed E-state index contributed by atoms with van der Waals surface area (Å²) in [4.78, 5) is 18.6. The molecule has 5 aromatic rings. The Kier molecular flexibility index (Phi) is 10.8. The van der Waals surface area contributed by atoms with Crippen LogP contribution >= 0.6 is 11.6 Å². The highest BCUT2D eigenvalue weighted by atomic mass is 35.5. The third kappa shape index (κ3) is 8.30. The van der Waals surface area contributed by atoms with Gasteiger partial charge in [0.15, 0.2) is 5.82 Å². The quantitative estimate of drug-likeness (QED) is 0.0728. The standard InChI is InChI=1S/C39H32ClF8N7O4S/c1-4-20-14-26-32(35(43)44)51-55(34(26)39(20,47)48)16-29(56)50-28(13-19-11-21(41)15-22(42)12-19)31-24(6-5-23(49-31)9-10-37(57)17-38(45,46)18-37)25-7-8-27(40)30-33(25)54(2)52-36(30)53-60(3,58)59/h4-8,11-12,15,20,28,35,57H,1,13-14,16-18H2,2-3H3,(H,50,56)(H,52,53)/t20-,28+/m1/s1. The smallest absolute Gasteiger partial charge is 0.296 e. The van der Waals surface area contributed by atoms with Gasteiger partial charge in [0.1, 0.15) is 40.9 Å². The first-order valence-electron chi connectivity index (χ1n) is 17.9. The summed E-state index contributed by atoms with van der Waals surface area (Å²) in [5, 5.41) is 21.3. The topological polar surface area (TPSA) is 144 Å². The lowest BCUT2D eigenvalue weighted by Gasteiger charge is -2.39. The number of hydrogen-bond acceptors (Lipinski definition) is 7. The number of aryl methyl sites for hydroxylation is 1. The van der Waals surface area contributed by atoms with Crippen molar-refractivity contribution in [2.45, 2.75) is 62.1 Å². The molecule has 2 aliphatic carbocycles. The minimum atomic E-state index is -3.89. The van der Waals surface area contributed by atoms with Gasteiger partial charge in [-0.2, -0.15) is 19.0 Å². The number of fused-ring (bicyclic) bond motifs is 2. The second kappa shape index (κ2) is 15.2. The molecule has 1 fully saturated rings. The Labute approximate surface area is 341 Å². The normalized spacial score (nSPS) is 18.1. The van der Waals surface area contributed by atoms with E-state index in [0.717, 1.165) is 24.5 Å². The highest BCUT2D eigenvalue weighted by Crippen LogP contribution is 2.49. The fourth-order valence-corrected chi connectivity index (χ4v) is 8.38. The summed E-state index contributed by atoms with van der Waals surface area (Å²) < 4.78 is 144. The van der Waals surface area contributed by atoms with Gasteiger partial charge in [0.2, 0.25) is 15.9 Å². The molecule has 0 saturated heterocycles. The molecule has 0 bridgehead atoms. The van der Waals surface area contributed by atoms with Gasteiger partial charge in [0, 0.05) is 29.8 Å². The van der Waals surface area contributed by atoms with E-state index in [2.05, 4.69) is 43.6 Å². The Bertz CT molecular complexity index is 2740. The number of rotatable bonds is 11. The maximum Gasteiger partial charge on any atom is 0.296 e. The van der Waals surface area contributed by atoms with Gasteiger partial charge >= 0.3 is 0 Å². The van der Waals surface area contributed by atoms with E-state index >= 15 is 8.78 Å². The predicted molar refractivity (Wildman–Crippen MR) is 203 cm³/mol. The molecule has 3 heterocycles. The molecule has 60 heavy (non-hydrogen) atoms. The van der Waals surface area contributed by atoms with E-state index in [1.807, 2.05) is 0 Å². The molecule has 2 atom stereocenters. The fourth-order valence-electron chi connectivity index (χ4n) is 7.65. The molecule has 3 aromatic heterocycles. The van der Waals surface area contributed by atoms with Gasteiger partial charge in [0.05, 0.1) is 52.7 Å². The Morgan fingerprint density at radius 1 is 1.07 bits per heavy atom. The molecule has 2 aromatic carbocycles. The van der Waals surface area contributed by atoms with E-state index in [-0.39, 0.29) is 49.8 Å². The molecule has 0 unspecified atom stereocenters. The average Bonchev–Trinajstić information content (AvgIpc) is 3.73. The lowest BCUT2D eigenvalue weighted by atomic mass is 9.77. The Balaban J connectivity index is 1.39. The van der Waals surface area contributed by atoms with Crippen LogP contribution in [0.3, 0.4) is 0 Å². The van der Waals surface area contributed by atoms with E-state index < -0.39 is 113 Å². The highest BCUT2D eigenvalue weighted by Gasteiger charge is 2.55. The number of halogens is 9. The molecule has 3 N–H and O–H groups in total. The fraction of sp³-hybridized carbons (Fsp3) is 0.333. The van der Waals surface area contributed by atoms with Crippen molar-refractivity contribution in [2.24, 2.45) is 13.0 Å². The predicted octanol–water partition coefficient (Wildman–Crippen LogP) is 7.13. The van der Waals surface area contributed by atoms with Crippen molar-refractivity contribution in [3.63, 3.8) is 0 Å². The summed E-state index contributed by atoms with van der Waals surface area (Å²) in [6, 6.07) is 6.72. The zero-order valence-corrected chi connectivity index (χ0v) is 32.9. The van der Waals surface area contributed by atoms with Crippen LogP contribution in [0.1, 0.15) is 59.2 Å². The monoisotopic (exact) mass is 881 g/mol. The van der Waals surface area contributed by atoms with Gasteiger partial charge in [-0.25, -0.2) is 39.7 Å². The number of sulfonamides is 1. The van der Waals surface area contributed by atoms with E-state index in [0.29, 0.717) is 10.7 Å². The van der Waals surface area contributed by atoms with Crippen LogP contribution in [0.4, 0.5) is 40.9 Å². The summed E-state index contributed by atoms with van der Waals surface area (Å²) >= 11 is 6.56. The number of benzene rings is 2. The van der Waals surface area contributed by atoms with Gasteiger partial charge in [-0.3, -0.25) is 18.9 Å². The number of nitrogens with one attached hydrogen (secondary N) is 2. The Hall–Kier alpha value is -5.52. The molecule has 0 radical (unpaired) electrons. The van der Waals surface area contributed by atoms with Crippen LogP contribution < -0.4 is 10.0 Å². The van der Waals surface area contributed by atoms with Gasteiger partial charge < -0.3 is 10.4 Å². The van der Waals surface area contributed by atoms with Gasteiger partial charge in [0.25, 0.3) is 18.3 Å². The van der Waals surface area contributed by atoms with Crippen molar-refractivity contribution < 1.29 is 53.4 Å². The Morgan fingerprint density at radius 2 is 1.73 bits per heavy atom. The van der Waals surface area contributed by atoms with E-state index in [9.17, 15) is 44.7 Å². The molecule has 1 amide bonds. The number of carbonyl (C=O) groups is 1. The first-order valence-corrected chi connectivity index (χ1v) is 20.1. The highest BCUT2D eigenvalue weighted by molar-refractivity contribution is 7.92. The zero-order valence-electron chi connectivity index (χ0n) is 31.3. The summed E-state index contributed by atoms with van der Waals surface area (Å²) in [6.45, 7) is 2.35. The zero-order chi connectivity index (χ0) is 43.7. The van der Waals surface area contributed by atoms with Crippen molar-refractivity contribution in [3.05, 3.63) is 106 Å². The lowest BCUT2D eigenvalue weighted by Crippen LogP contribution is -2.50. The molecule has 21 heteroatoms. The molecule has 2 aliphatic rings. The summed E-state index contributed by atoms with van der Waals surface area (Å²) in [5.41, 5.74) is -4.05. The average molecular weight is 882 g/mol. The maximum atomic E-state index is 15.6. The largest absolute Gasteiger partial charge is 0.377 e. The van der Waals surface area contributed by atoms with E-state index in [1.54, 1.807) is 0 Å². The molecular formula is C39H32ClF8N7O4S. The number of hydrogen-bond donors (Lipinski definition) is 3. The third-order valence-electron chi connectivity index (χ3n) is 10.1. The number of pyridine rings is 1. The first kappa shape index (κ1) is 42.6. The molecule has 0 spiro atoms. The van der Waals surface area contributed by atoms with E-state index in [4.69, 9.17) is 11.6 Å². The van der Waals surface area contributed by atoms with Gasteiger partial charge in [-0.15, -0.1) is 6.58 Å². The van der Waals surface area contributed by atoms with Gasteiger partial charge in [-0.1, -0.05) is 29.7 Å². The molecule has 11 nitrogen and oxygen atoms in total. The summed E-state index contributed by atoms with van der Waals surface area (Å²) in [7, 11) is -2.42. The maximum absolute atomic E-state index is 15.6. The Morgan fingerprint density at radius 3 is 2.35 bits per heavy atom. The minimum Gasteiger partial charge on any atom is -0.377 e. The SMILES string of the molecule is C=C[C@@H]1Cc2c(C(F)F)nn(CC(=O)N[C@@H](Cc3cc(F)cc(F)c3)c3nc(C#CC4(O)CC(F)(F)C4)ccc3-c3ccc(Cl)c4c(NS(C)(=O)=O)nn(C)c34)c2C1(F)F. The van der Waals surface area contributed by atoms with Crippen LogP contribution in [-0.2, 0) is 47.2 Å². The van der Waals surface area contributed by atoms with Crippen molar-refractivity contribution in [1.29, 1.82) is 0 Å². The molecule has 7 rings (SSSR count). The number of anilines is 1. The molecule has 0 aliphatic heterocycles. The number of alkyl halides is 6. The molecular weight excluding hydrogens is 850 g/mol. The second-order valence-corrected chi connectivity index (χ2v) is 16.9. The van der Waals surface area contributed by atoms with E-state index in [1.165, 1.54) is 36.0 Å². The number of aromatic nitrogens is 5. The number of nitrogens with zero attached hydrogens (tertiary/aromatic N) is 5.